The van der Waals surface area contributed by atoms with Crippen LogP contribution in [0.5, 0.6) is 11.8 Å². The molecule has 2 N–H and O–H groups in total. The molecule has 9 nitrogen and oxygen atoms in total. The van der Waals surface area contributed by atoms with Crippen molar-refractivity contribution in [1.29, 1.82) is 0 Å². The van der Waals surface area contributed by atoms with Gasteiger partial charge in [-0.15, -0.1) is 0 Å². The van der Waals surface area contributed by atoms with Crippen LogP contribution in [0.3, 0.4) is 0 Å². The van der Waals surface area contributed by atoms with E-state index in [4.69, 9.17) is 10.5 Å². The van der Waals surface area contributed by atoms with Gasteiger partial charge < -0.3 is 15.0 Å². The predicted octanol–water partition coefficient (Wildman–Crippen LogP) is 4.13. The van der Waals surface area contributed by atoms with Crippen molar-refractivity contribution in [2.75, 3.05) is 5.73 Å². The number of ether oxygens (including phenoxy) is 1. The van der Waals surface area contributed by atoms with Gasteiger partial charge in [0.25, 0.3) is 0 Å². The number of rotatable bonds is 4. The molecule has 5 aromatic rings. The molecule has 1 aromatic carbocycles. The normalized spacial score (nSPS) is 11.3. The molecular formula is C24H24N8O. The number of hydrogen-bond donors (Lipinski definition) is 1. The van der Waals surface area contributed by atoms with Crippen LogP contribution in [0.1, 0.15) is 17.0 Å². The van der Waals surface area contributed by atoms with E-state index in [0.29, 0.717) is 17.6 Å². The highest BCUT2D eigenvalue weighted by atomic mass is 16.5. The van der Waals surface area contributed by atoms with Crippen molar-refractivity contribution in [2.45, 2.75) is 20.8 Å². The van der Waals surface area contributed by atoms with E-state index in [1.165, 1.54) is 6.33 Å². The van der Waals surface area contributed by atoms with Crippen LogP contribution in [0.15, 0.2) is 42.9 Å². The fourth-order valence-electron chi connectivity index (χ4n) is 4.20. The van der Waals surface area contributed by atoms with Gasteiger partial charge in [0.15, 0.2) is 0 Å². The Morgan fingerprint density at radius 2 is 1.67 bits per heavy atom. The molecule has 5 rings (SSSR count). The molecule has 0 radical (unpaired) electrons. The molecule has 0 unspecified atom stereocenters. The molecule has 0 spiro atoms. The Kier molecular flexibility index (Phi) is 4.81. The number of aryl methyl sites for hydroxylation is 4. The Bertz CT molecular complexity index is 1500. The van der Waals surface area contributed by atoms with Crippen LogP contribution in [-0.2, 0) is 14.1 Å². The Hall–Kier alpha value is -4.27. The van der Waals surface area contributed by atoms with Gasteiger partial charge in [-0.2, -0.15) is 5.10 Å². The topological polar surface area (TPSA) is 110 Å². The maximum Gasteiger partial charge on any atom is 0.322 e. The standard InChI is InChI=1S/C24H24N8O/c1-13-10-11-26-24(29-13)33-17-8-6-16(7-9-17)18-19-22(25)27-12-28-23(19)31(4)21(18)20-14(2)15(3)30-32(20)5/h6-12H,1-5H3,(H2,25,27,28). The second-order valence-electron chi connectivity index (χ2n) is 8.03. The summed E-state index contributed by atoms with van der Waals surface area (Å²) in [6, 6.07) is 9.91. The largest absolute Gasteiger partial charge is 0.424 e. The van der Waals surface area contributed by atoms with Gasteiger partial charge in [-0.3, -0.25) is 4.68 Å². The summed E-state index contributed by atoms with van der Waals surface area (Å²) in [6.07, 6.45) is 3.17. The summed E-state index contributed by atoms with van der Waals surface area (Å²) >= 11 is 0. The number of nitrogens with zero attached hydrogens (tertiary/aromatic N) is 7. The van der Waals surface area contributed by atoms with E-state index < -0.39 is 0 Å². The van der Waals surface area contributed by atoms with E-state index in [0.717, 1.165) is 50.5 Å². The van der Waals surface area contributed by atoms with Crippen LogP contribution in [-0.4, -0.2) is 34.3 Å². The number of benzene rings is 1. The van der Waals surface area contributed by atoms with Crippen LogP contribution in [0.4, 0.5) is 5.82 Å². The lowest BCUT2D eigenvalue weighted by molar-refractivity contribution is 0.440. The highest BCUT2D eigenvalue weighted by molar-refractivity contribution is 6.07. The summed E-state index contributed by atoms with van der Waals surface area (Å²) in [4.78, 5) is 17.3. The smallest absolute Gasteiger partial charge is 0.322 e. The number of fused-ring (bicyclic) bond motifs is 1. The average Bonchev–Trinajstić information content (AvgIpc) is 3.21. The van der Waals surface area contributed by atoms with Crippen molar-refractivity contribution in [2.24, 2.45) is 14.1 Å². The van der Waals surface area contributed by atoms with Gasteiger partial charge in [0.2, 0.25) is 0 Å². The zero-order chi connectivity index (χ0) is 23.3. The molecule has 166 valence electrons. The van der Waals surface area contributed by atoms with Crippen molar-refractivity contribution in [1.82, 2.24) is 34.3 Å². The first kappa shape index (κ1) is 20.6. The zero-order valence-electron chi connectivity index (χ0n) is 19.2. The van der Waals surface area contributed by atoms with E-state index in [2.05, 4.69) is 36.5 Å². The first-order valence-electron chi connectivity index (χ1n) is 10.5. The molecule has 0 saturated heterocycles. The molecule has 0 fully saturated rings. The zero-order valence-corrected chi connectivity index (χ0v) is 19.2. The van der Waals surface area contributed by atoms with E-state index in [1.54, 1.807) is 6.20 Å². The maximum atomic E-state index is 6.35. The molecule has 9 heteroatoms. The predicted molar refractivity (Wildman–Crippen MR) is 127 cm³/mol. The van der Waals surface area contributed by atoms with Crippen molar-refractivity contribution < 1.29 is 4.74 Å². The molecule has 0 saturated carbocycles. The van der Waals surface area contributed by atoms with Crippen molar-refractivity contribution >= 4 is 16.9 Å². The van der Waals surface area contributed by atoms with Gasteiger partial charge in [-0.25, -0.2) is 19.9 Å². The van der Waals surface area contributed by atoms with E-state index in [1.807, 2.05) is 63.0 Å². The highest BCUT2D eigenvalue weighted by Crippen LogP contribution is 2.43. The van der Waals surface area contributed by atoms with E-state index in [-0.39, 0.29) is 0 Å². The third kappa shape index (κ3) is 3.38. The summed E-state index contributed by atoms with van der Waals surface area (Å²) in [5.41, 5.74) is 13.9. The van der Waals surface area contributed by atoms with Crippen LogP contribution in [0, 0.1) is 20.8 Å². The SMILES string of the molecule is Cc1ccnc(Oc2ccc(-c3c(-c4c(C)c(C)nn4C)n(C)c4ncnc(N)c34)cc2)n1. The van der Waals surface area contributed by atoms with Gasteiger partial charge in [0, 0.05) is 31.5 Å². The molecule has 0 amide bonds. The number of aromatic nitrogens is 7. The first-order chi connectivity index (χ1) is 15.8. The quantitative estimate of drug-likeness (QED) is 0.447. The van der Waals surface area contributed by atoms with Gasteiger partial charge in [0.05, 0.1) is 22.5 Å². The summed E-state index contributed by atoms with van der Waals surface area (Å²) in [5, 5.41) is 5.43. The number of hydrogen-bond acceptors (Lipinski definition) is 7. The molecule has 0 aliphatic heterocycles. The third-order valence-electron chi connectivity index (χ3n) is 5.87. The third-order valence-corrected chi connectivity index (χ3v) is 5.87. The number of nitrogen functional groups attached to an aromatic ring is 1. The van der Waals surface area contributed by atoms with Gasteiger partial charge in [-0.05, 0) is 50.1 Å². The lowest BCUT2D eigenvalue weighted by atomic mass is 9.99. The maximum absolute atomic E-state index is 6.35. The molecule has 4 heterocycles. The van der Waals surface area contributed by atoms with Crippen LogP contribution < -0.4 is 10.5 Å². The van der Waals surface area contributed by atoms with Gasteiger partial charge in [-0.1, -0.05) is 12.1 Å². The Labute approximate surface area is 190 Å². The van der Waals surface area contributed by atoms with Crippen molar-refractivity contribution in [3.63, 3.8) is 0 Å². The van der Waals surface area contributed by atoms with Gasteiger partial charge in [0.1, 0.15) is 23.5 Å². The van der Waals surface area contributed by atoms with Crippen molar-refractivity contribution in [3.8, 4) is 34.3 Å². The van der Waals surface area contributed by atoms with E-state index >= 15 is 0 Å². The Balaban J connectivity index is 1.69. The highest BCUT2D eigenvalue weighted by Gasteiger charge is 2.25. The number of anilines is 1. The molecular weight excluding hydrogens is 416 g/mol. The molecule has 33 heavy (non-hydrogen) atoms. The summed E-state index contributed by atoms with van der Waals surface area (Å²) in [6.45, 7) is 5.98. The van der Waals surface area contributed by atoms with Crippen LogP contribution in [0.25, 0.3) is 33.5 Å². The summed E-state index contributed by atoms with van der Waals surface area (Å²) in [5.74, 6) is 1.07. The molecule has 4 aromatic heterocycles. The van der Waals surface area contributed by atoms with Crippen molar-refractivity contribution in [3.05, 3.63) is 59.8 Å². The molecule has 0 bridgehead atoms. The first-order valence-corrected chi connectivity index (χ1v) is 10.5. The fourth-order valence-corrected chi connectivity index (χ4v) is 4.20. The number of nitrogens with two attached hydrogens (primary N) is 1. The Morgan fingerprint density at radius 1 is 0.909 bits per heavy atom. The Morgan fingerprint density at radius 3 is 2.33 bits per heavy atom. The summed E-state index contributed by atoms with van der Waals surface area (Å²) in [7, 11) is 3.94. The monoisotopic (exact) mass is 440 g/mol. The lowest BCUT2D eigenvalue weighted by Gasteiger charge is -2.11. The molecule has 0 atom stereocenters. The van der Waals surface area contributed by atoms with Crippen LogP contribution in [0.2, 0.25) is 0 Å². The minimum atomic E-state index is 0.312. The average molecular weight is 441 g/mol. The minimum Gasteiger partial charge on any atom is -0.424 e. The van der Waals surface area contributed by atoms with Gasteiger partial charge >= 0.3 is 6.01 Å². The molecule has 0 aliphatic carbocycles. The minimum absolute atomic E-state index is 0.312. The van der Waals surface area contributed by atoms with E-state index in [9.17, 15) is 0 Å². The fraction of sp³-hybridized carbons (Fsp3) is 0.208. The lowest BCUT2D eigenvalue weighted by Crippen LogP contribution is -2.01. The molecule has 0 aliphatic rings. The van der Waals surface area contributed by atoms with Crippen LogP contribution >= 0.6 is 0 Å². The second kappa shape index (κ2) is 7.70. The summed E-state index contributed by atoms with van der Waals surface area (Å²) < 4.78 is 9.79. The second-order valence-corrected chi connectivity index (χ2v) is 8.03.